The van der Waals surface area contributed by atoms with Crippen LogP contribution in [-0.2, 0) is 6.18 Å². The Kier molecular flexibility index (Phi) is 5.92. The molecule has 0 saturated carbocycles. The molecular weight excluding hydrogens is 473 g/mol. The number of anilines is 1. The minimum Gasteiger partial charge on any atom is -0.370 e. The largest absolute Gasteiger partial charge is 0.416 e. The van der Waals surface area contributed by atoms with Gasteiger partial charge in [-0.1, -0.05) is 11.3 Å². The number of hydrogen-bond donors (Lipinski definition) is 0. The molecule has 0 aliphatic carbocycles. The molecule has 32 heavy (non-hydrogen) atoms. The molecule has 1 aliphatic heterocycles. The predicted octanol–water partition coefficient (Wildman–Crippen LogP) is 8.01. The van der Waals surface area contributed by atoms with Gasteiger partial charge in [0.05, 0.1) is 16.0 Å². The van der Waals surface area contributed by atoms with Crippen LogP contribution in [0.25, 0.3) is 20.1 Å². The molecule has 2 aromatic carbocycles. The number of thiophene rings is 1. The Hall–Kier alpha value is -2.43. The van der Waals surface area contributed by atoms with Gasteiger partial charge in [0, 0.05) is 35.8 Å². The van der Waals surface area contributed by atoms with Crippen molar-refractivity contribution in [1.82, 2.24) is 4.98 Å². The number of aromatic nitrogens is 1. The van der Waals surface area contributed by atoms with Crippen molar-refractivity contribution in [1.29, 1.82) is 0 Å². The highest BCUT2D eigenvalue weighted by Crippen LogP contribution is 2.39. The highest BCUT2D eigenvalue weighted by atomic mass is 32.2. The second-order valence-electron chi connectivity index (χ2n) is 7.16. The molecule has 0 N–H and O–H groups in total. The number of thiazole rings is 1. The van der Waals surface area contributed by atoms with Crippen LogP contribution in [0.4, 0.5) is 29.5 Å². The number of azo groups is 1. The minimum absolute atomic E-state index is 0.371. The average Bonchev–Trinajstić information content (AvgIpc) is 3.37. The van der Waals surface area contributed by atoms with Crippen LogP contribution in [0.15, 0.2) is 64.8 Å². The molecule has 0 atom stereocenters. The maximum absolute atomic E-state index is 12.7. The van der Waals surface area contributed by atoms with Gasteiger partial charge in [0.2, 0.25) is 0 Å². The van der Waals surface area contributed by atoms with E-state index in [2.05, 4.69) is 39.4 Å². The third-order valence-electron chi connectivity index (χ3n) is 5.03. The van der Waals surface area contributed by atoms with E-state index in [9.17, 15) is 13.2 Å². The molecular formula is C22H17F3N4S3. The Morgan fingerprint density at radius 2 is 1.59 bits per heavy atom. The Bertz CT molecular complexity index is 1210. The molecule has 0 spiro atoms. The lowest BCUT2D eigenvalue weighted by atomic mass is 10.2. The fraction of sp³-hybridized carbons (Fsp3) is 0.227. The number of hydrogen-bond acceptors (Lipinski definition) is 7. The first kappa shape index (κ1) is 21.4. The van der Waals surface area contributed by atoms with Gasteiger partial charge in [-0.3, -0.25) is 0 Å². The van der Waals surface area contributed by atoms with Crippen LogP contribution in [0.2, 0.25) is 0 Å². The van der Waals surface area contributed by atoms with Gasteiger partial charge < -0.3 is 4.90 Å². The van der Waals surface area contributed by atoms with Crippen LogP contribution >= 0.6 is 34.4 Å². The van der Waals surface area contributed by atoms with Crippen molar-refractivity contribution in [2.24, 2.45) is 10.2 Å². The van der Waals surface area contributed by atoms with Crippen molar-refractivity contribution < 1.29 is 13.2 Å². The zero-order chi connectivity index (χ0) is 22.1. The van der Waals surface area contributed by atoms with Crippen LogP contribution in [0.5, 0.6) is 0 Å². The van der Waals surface area contributed by atoms with Crippen molar-refractivity contribution in [2.45, 2.75) is 6.18 Å². The van der Waals surface area contributed by atoms with E-state index < -0.39 is 11.7 Å². The summed E-state index contributed by atoms with van der Waals surface area (Å²) in [6.07, 6.45) is -4.36. The summed E-state index contributed by atoms with van der Waals surface area (Å²) in [6, 6.07) is 15.1. The third kappa shape index (κ3) is 4.67. The van der Waals surface area contributed by atoms with Gasteiger partial charge in [-0.15, -0.1) is 21.6 Å². The summed E-state index contributed by atoms with van der Waals surface area (Å²) in [4.78, 5) is 8.02. The van der Waals surface area contributed by atoms with Crippen LogP contribution in [-0.4, -0.2) is 29.6 Å². The standard InChI is InChI=1S/C22H17F3N4S3/c23-22(24,25)15-3-5-16(6-4-15)27-28-19-13-18-21(32-19)26-20(31-18)14-1-7-17(8-2-14)29-9-11-30-12-10-29/h1-8,13H,9-12H2. The molecule has 164 valence electrons. The smallest absolute Gasteiger partial charge is 0.370 e. The van der Waals surface area contributed by atoms with Gasteiger partial charge >= 0.3 is 6.18 Å². The summed E-state index contributed by atoms with van der Waals surface area (Å²) in [6.45, 7) is 2.17. The molecule has 4 nitrogen and oxygen atoms in total. The van der Waals surface area contributed by atoms with Gasteiger partial charge in [-0.25, -0.2) is 4.98 Å². The summed E-state index contributed by atoms with van der Waals surface area (Å²) in [5.41, 5.74) is 2.00. The van der Waals surface area contributed by atoms with Crippen LogP contribution < -0.4 is 4.90 Å². The summed E-state index contributed by atoms with van der Waals surface area (Å²) < 4.78 is 39.0. The van der Waals surface area contributed by atoms with E-state index >= 15 is 0 Å². The van der Waals surface area contributed by atoms with Gasteiger partial charge in [0.15, 0.2) is 0 Å². The second kappa shape index (κ2) is 8.84. The number of rotatable bonds is 4. The zero-order valence-electron chi connectivity index (χ0n) is 16.7. The Morgan fingerprint density at radius 1 is 0.875 bits per heavy atom. The monoisotopic (exact) mass is 490 g/mol. The molecule has 2 aromatic heterocycles. The van der Waals surface area contributed by atoms with Gasteiger partial charge in [0.1, 0.15) is 14.8 Å². The summed E-state index contributed by atoms with van der Waals surface area (Å²) in [5.74, 6) is 2.34. The zero-order valence-corrected chi connectivity index (χ0v) is 19.1. The Morgan fingerprint density at radius 3 is 2.25 bits per heavy atom. The molecule has 0 unspecified atom stereocenters. The lowest BCUT2D eigenvalue weighted by Gasteiger charge is -2.28. The Labute approximate surface area is 194 Å². The number of nitrogens with zero attached hydrogens (tertiary/aromatic N) is 4. The second-order valence-corrected chi connectivity index (χ2v) is 10.4. The molecule has 1 aliphatic rings. The van der Waals surface area contributed by atoms with Crippen molar-refractivity contribution >= 4 is 60.3 Å². The first-order chi connectivity index (χ1) is 15.5. The highest BCUT2D eigenvalue weighted by Gasteiger charge is 2.29. The van der Waals surface area contributed by atoms with Crippen molar-refractivity contribution in [3.8, 4) is 10.6 Å². The van der Waals surface area contributed by atoms with E-state index in [0.717, 1.165) is 45.3 Å². The predicted molar refractivity (Wildman–Crippen MR) is 128 cm³/mol. The third-order valence-corrected chi connectivity index (χ3v) is 8.06. The minimum atomic E-state index is -4.36. The van der Waals surface area contributed by atoms with Crippen LogP contribution in [0.3, 0.4) is 0 Å². The quantitative estimate of drug-likeness (QED) is 0.272. The average molecular weight is 491 g/mol. The van der Waals surface area contributed by atoms with Crippen LogP contribution in [0.1, 0.15) is 5.56 Å². The van der Waals surface area contributed by atoms with Crippen molar-refractivity contribution in [3.63, 3.8) is 0 Å². The molecule has 1 fully saturated rings. The maximum Gasteiger partial charge on any atom is 0.416 e. The lowest BCUT2D eigenvalue weighted by Crippen LogP contribution is -2.32. The van der Waals surface area contributed by atoms with Crippen molar-refractivity contribution in [2.75, 3.05) is 29.5 Å². The highest BCUT2D eigenvalue weighted by molar-refractivity contribution is 7.99. The summed E-state index contributed by atoms with van der Waals surface area (Å²) >= 11 is 5.01. The number of thioether (sulfide) groups is 1. The van der Waals surface area contributed by atoms with E-state index in [1.807, 2.05) is 17.8 Å². The van der Waals surface area contributed by atoms with E-state index in [1.54, 1.807) is 11.3 Å². The van der Waals surface area contributed by atoms with E-state index in [-0.39, 0.29) is 0 Å². The molecule has 1 saturated heterocycles. The fourth-order valence-corrected chi connectivity index (χ4v) is 6.30. The number of benzene rings is 2. The fourth-order valence-electron chi connectivity index (χ4n) is 3.36. The number of alkyl halides is 3. The molecule has 0 bridgehead atoms. The summed E-state index contributed by atoms with van der Waals surface area (Å²) in [7, 11) is 0. The SMILES string of the molecule is FC(F)(F)c1ccc(N=Nc2cc3sc(-c4ccc(N5CCSCC5)cc4)nc3s2)cc1. The van der Waals surface area contributed by atoms with Gasteiger partial charge in [-0.05, 0) is 54.6 Å². The van der Waals surface area contributed by atoms with Crippen molar-refractivity contribution in [3.05, 3.63) is 60.2 Å². The Balaban J connectivity index is 1.29. The van der Waals surface area contributed by atoms with Crippen LogP contribution in [0, 0.1) is 0 Å². The normalized spacial score (nSPS) is 15.2. The molecule has 3 heterocycles. The topological polar surface area (TPSA) is 40.9 Å². The summed E-state index contributed by atoms with van der Waals surface area (Å²) in [5, 5.41) is 9.84. The lowest BCUT2D eigenvalue weighted by molar-refractivity contribution is -0.137. The number of halogens is 3. The van der Waals surface area contributed by atoms with E-state index in [4.69, 9.17) is 4.98 Å². The molecule has 0 radical (unpaired) electrons. The first-order valence-corrected chi connectivity index (χ1v) is 12.7. The van der Waals surface area contributed by atoms with Gasteiger partial charge in [0.25, 0.3) is 0 Å². The van der Waals surface area contributed by atoms with Gasteiger partial charge in [-0.2, -0.15) is 24.9 Å². The molecule has 0 amide bonds. The molecule has 5 rings (SSSR count). The molecule has 10 heteroatoms. The van der Waals surface area contributed by atoms with E-state index in [0.29, 0.717) is 10.7 Å². The first-order valence-electron chi connectivity index (χ1n) is 9.88. The maximum atomic E-state index is 12.7. The molecule has 4 aromatic rings. The van der Waals surface area contributed by atoms with E-state index in [1.165, 1.54) is 40.7 Å². The number of fused-ring (bicyclic) bond motifs is 1.